The van der Waals surface area contributed by atoms with E-state index in [0.717, 1.165) is 11.3 Å². The van der Waals surface area contributed by atoms with Crippen LogP contribution in [0.1, 0.15) is 11.3 Å². The summed E-state index contributed by atoms with van der Waals surface area (Å²) in [5.74, 6) is 0.550. The molecule has 0 aliphatic carbocycles. The molecule has 0 amide bonds. The molecule has 0 atom stereocenters. The van der Waals surface area contributed by atoms with E-state index in [9.17, 15) is 0 Å². The lowest BCUT2D eigenvalue weighted by atomic mass is 10.2. The monoisotopic (exact) mass is 282 g/mol. The molecule has 0 spiro atoms. The molecule has 0 saturated carbocycles. The van der Waals surface area contributed by atoms with Gasteiger partial charge in [-0.3, -0.25) is 4.98 Å². The fourth-order valence-corrected chi connectivity index (χ4v) is 1.73. The number of rotatable bonds is 4. The molecule has 5 heteroatoms. The lowest BCUT2D eigenvalue weighted by Crippen LogP contribution is -2.01. The number of halogens is 2. The van der Waals surface area contributed by atoms with Gasteiger partial charge in [-0.2, -0.15) is 0 Å². The molecule has 94 valence electrons. The van der Waals surface area contributed by atoms with E-state index >= 15 is 0 Å². The summed E-state index contributed by atoms with van der Waals surface area (Å²) in [5, 5.41) is 1.11. The predicted octanol–water partition coefficient (Wildman–Crippen LogP) is 3.43. The van der Waals surface area contributed by atoms with Crippen molar-refractivity contribution < 1.29 is 4.74 Å². The maximum absolute atomic E-state index is 5.99. The lowest BCUT2D eigenvalue weighted by Gasteiger charge is -2.08. The van der Waals surface area contributed by atoms with Crippen molar-refractivity contribution in [3.8, 4) is 5.75 Å². The van der Waals surface area contributed by atoms with Crippen LogP contribution in [-0.2, 0) is 13.2 Å². The fourth-order valence-electron chi connectivity index (χ4n) is 1.40. The molecule has 0 aliphatic heterocycles. The minimum absolute atomic E-state index is 0.338. The highest BCUT2D eigenvalue weighted by Gasteiger charge is 2.03. The second-order valence-corrected chi connectivity index (χ2v) is 4.57. The van der Waals surface area contributed by atoms with Gasteiger partial charge in [0.2, 0.25) is 0 Å². The van der Waals surface area contributed by atoms with Gasteiger partial charge in [0.05, 0.1) is 10.7 Å². The lowest BCUT2D eigenvalue weighted by molar-refractivity contribution is 0.301. The Morgan fingerprint density at radius 2 is 2.00 bits per heavy atom. The molecule has 3 nitrogen and oxygen atoms in total. The molecule has 1 aromatic heterocycles. The molecule has 2 aromatic rings. The predicted molar refractivity (Wildman–Crippen MR) is 72.9 cm³/mol. The summed E-state index contributed by atoms with van der Waals surface area (Å²) >= 11 is 11.9. The number of hydrogen-bond donors (Lipinski definition) is 1. The first kappa shape index (κ1) is 13.1. The number of hydrogen-bond acceptors (Lipinski definition) is 3. The van der Waals surface area contributed by atoms with Crippen molar-refractivity contribution in [2.75, 3.05) is 0 Å². The molecule has 18 heavy (non-hydrogen) atoms. The first-order chi connectivity index (χ1) is 8.69. The van der Waals surface area contributed by atoms with Crippen LogP contribution in [0.25, 0.3) is 0 Å². The highest BCUT2D eigenvalue weighted by molar-refractivity contribution is 6.34. The summed E-state index contributed by atoms with van der Waals surface area (Å²) < 4.78 is 5.57. The Hall–Kier alpha value is -1.29. The Kier molecular flexibility index (Phi) is 4.42. The zero-order chi connectivity index (χ0) is 13.0. The first-order valence-electron chi connectivity index (χ1n) is 5.41. The summed E-state index contributed by atoms with van der Waals surface area (Å²) in [4.78, 5) is 4.24. The van der Waals surface area contributed by atoms with Gasteiger partial charge in [-0.1, -0.05) is 29.3 Å². The van der Waals surface area contributed by atoms with Crippen molar-refractivity contribution in [2.45, 2.75) is 13.2 Å². The Balaban J connectivity index is 2.04. The third-order valence-corrected chi connectivity index (χ3v) is 2.94. The van der Waals surface area contributed by atoms with Gasteiger partial charge in [0.25, 0.3) is 0 Å². The maximum atomic E-state index is 5.99. The van der Waals surface area contributed by atoms with Crippen molar-refractivity contribution >= 4 is 23.2 Å². The number of benzene rings is 1. The molecule has 0 saturated heterocycles. The quantitative estimate of drug-likeness (QED) is 0.935. The molecular formula is C13H12Cl2N2O. The molecule has 0 bridgehead atoms. The van der Waals surface area contributed by atoms with Crippen LogP contribution in [0.2, 0.25) is 10.0 Å². The first-order valence-corrected chi connectivity index (χ1v) is 6.16. The molecular weight excluding hydrogens is 271 g/mol. The average molecular weight is 283 g/mol. The van der Waals surface area contributed by atoms with Crippen molar-refractivity contribution in [1.29, 1.82) is 0 Å². The van der Waals surface area contributed by atoms with Gasteiger partial charge in [0.15, 0.2) is 0 Å². The van der Waals surface area contributed by atoms with E-state index in [1.807, 2.05) is 12.1 Å². The van der Waals surface area contributed by atoms with E-state index in [0.29, 0.717) is 28.9 Å². The van der Waals surface area contributed by atoms with Crippen LogP contribution in [0.15, 0.2) is 36.5 Å². The number of pyridine rings is 1. The minimum Gasteiger partial charge on any atom is -0.486 e. The number of nitrogens with two attached hydrogens (primary N) is 1. The van der Waals surface area contributed by atoms with Gasteiger partial charge in [0.1, 0.15) is 12.4 Å². The Morgan fingerprint density at radius 1 is 1.17 bits per heavy atom. The minimum atomic E-state index is 0.338. The van der Waals surface area contributed by atoms with E-state index in [1.165, 1.54) is 0 Å². The summed E-state index contributed by atoms with van der Waals surface area (Å²) in [6.45, 7) is 0.819. The largest absolute Gasteiger partial charge is 0.486 e. The second kappa shape index (κ2) is 6.05. The van der Waals surface area contributed by atoms with E-state index in [2.05, 4.69) is 4.98 Å². The Labute approximate surface area is 115 Å². The van der Waals surface area contributed by atoms with E-state index in [4.69, 9.17) is 33.7 Å². The standard InChI is InChI=1S/C13H12Cl2N2O/c14-10-2-4-12(15)13(5-10)18-8-11-3-1-9(6-16)7-17-11/h1-5,7H,6,8,16H2. The van der Waals surface area contributed by atoms with Crippen molar-refractivity contribution in [2.24, 2.45) is 5.73 Å². The summed E-state index contributed by atoms with van der Waals surface area (Å²) in [6.07, 6.45) is 1.73. The molecule has 1 aromatic carbocycles. The third-order valence-electron chi connectivity index (χ3n) is 2.39. The highest BCUT2D eigenvalue weighted by Crippen LogP contribution is 2.28. The van der Waals surface area contributed by atoms with Crippen LogP contribution in [-0.4, -0.2) is 4.98 Å². The molecule has 0 aliphatic rings. The van der Waals surface area contributed by atoms with Crippen molar-refractivity contribution in [3.63, 3.8) is 0 Å². The van der Waals surface area contributed by atoms with Gasteiger partial charge in [-0.25, -0.2) is 0 Å². The molecule has 2 rings (SSSR count). The van der Waals surface area contributed by atoms with Crippen LogP contribution in [0.3, 0.4) is 0 Å². The van der Waals surface area contributed by atoms with Crippen molar-refractivity contribution in [1.82, 2.24) is 4.98 Å². The summed E-state index contributed by atoms with van der Waals surface area (Å²) in [6, 6.07) is 8.89. The number of aromatic nitrogens is 1. The van der Waals surface area contributed by atoms with Crippen LogP contribution in [0, 0.1) is 0 Å². The number of ether oxygens (including phenoxy) is 1. The van der Waals surface area contributed by atoms with Gasteiger partial charge >= 0.3 is 0 Å². The van der Waals surface area contributed by atoms with E-state index in [1.54, 1.807) is 24.4 Å². The van der Waals surface area contributed by atoms with E-state index < -0.39 is 0 Å². The van der Waals surface area contributed by atoms with Gasteiger partial charge in [0, 0.05) is 23.8 Å². The third kappa shape index (κ3) is 3.35. The zero-order valence-electron chi connectivity index (χ0n) is 9.57. The molecule has 2 N–H and O–H groups in total. The second-order valence-electron chi connectivity index (χ2n) is 3.73. The fraction of sp³-hybridized carbons (Fsp3) is 0.154. The number of nitrogens with zero attached hydrogens (tertiary/aromatic N) is 1. The maximum Gasteiger partial charge on any atom is 0.139 e. The topological polar surface area (TPSA) is 48.1 Å². The van der Waals surface area contributed by atoms with Crippen LogP contribution >= 0.6 is 23.2 Å². The highest BCUT2D eigenvalue weighted by atomic mass is 35.5. The molecule has 0 fully saturated rings. The SMILES string of the molecule is NCc1ccc(COc2cc(Cl)ccc2Cl)nc1. The van der Waals surface area contributed by atoms with Gasteiger partial charge < -0.3 is 10.5 Å². The average Bonchev–Trinajstić information content (AvgIpc) is 2.40. The van der Waals surface area contributed by atoms with Gasteiger partial charge in [-0.15, -0.1) is 0 Å². The van der Waals surface area contributed by atoms with Crippen molar-refractivity contribution in [3.05, 3.63) is 57.8 Å². The van der Waals surface area contributed by atoms with Crippen LogP contribution in [0.4, 0.5) is 0 Å². The normalized spacial score (nSPS) is 10.4. The Bertz CT molecular complexity index is 529. The van der Waals surface area contributed by atoms with E-state index in [-0.39, 0.29) is 0 Å². The molecule has 0 radical (unpaired) electrons. The summed E-state index contributed by atoms with van der Waals surface area (Å²) in [7, 11) is 0. The summed E-state index contributed by atoms with van der Waals surface area (Å²) in [5.41, 5.74) is 7.29. The van der Waals surface area contributed by atoms with Crippen LogP contribution < -0.4 is 10.5 Å². The van der Waals surface area contributed by atoms with Crippen LogP contribution in [0.5, 0.6) is 5.75 Å². The zero-order valence-corrected chi connectivity index (χ0v) is 11.1. The smallest absolute Gasteiger partial charge is 0.139 e. The van der Waals surface area contributed by atoms with Gasteiger partial charge in [-0.05, 0) is 23.8 Å². The Morgan fingerprint density at radius 3 is 2.67 bits per heavy atom. The molecule has 0 unspecified atom stereocenters. The molecule has 1 heterocycles.